The third-order valence-corrected chi connectivity index (χ3v) is 4.06. The normalized spacial score (nSPS) is 12.6. The predicted octanol–water partition coefficient (Wildman–Crippen LogP) is 3.67. The first-order chi connectivity index (χ1) is 11.2. The summed E-state index contributed by atoms with van der Waals surface area (Å²) in [5.41, 5.74) is 3.37. The van der Waals surface area contributed by atoms with E-state index < -0.39 is 0 Å². The van der Waals surface area contributed by atoms with Crippen molar-refractivity contribution in [2.75, 3.05) is 11.9 Å². The molecular weight excluding hydrogens is 288 g/mol. The van der Waals surface area contributed by atoms with Gasteiger partial charge in [-0.15, -0.1) is 0 Å². The fraction of sp³-hybridized carbons (Fsp3) is 0.474. The first-order valence-corrected chi connectivity index (χ1v) is 8.55. The molecule has 0 saturated heterocycles. The van der Waals surface area contributed by atoms with Crippen molar-refractivity contribution in [1.29, 1.82) is 0 Å². The average molecular weight is 314 g/mol. The number of amides is 2. The highest BCUT2D eigenvalue weighted by Gasteiger charge is 2.10. The lowest BCUT2D eigenvalue weighted by atomic mass is 9.96. The molecular formula is C19H26N2O2. The minimum atomic E-state index is 0.0648. The topological polar surface area (TPSA) is 58.2 Å². The molecule has 23 heavy (non-hydrogen) atoms. The summed E-state index contributed by atoms with van der Waals surface area (Å²) in [6, 6.07) is 6.09. The number of anilines is 1. The van der Waals surface area contributed by atoms with Gasteiger partial charge in [0.15, 0.2) is 0 Å². The Balaban J connectivity index is 1.70. The lowest BCUT2D eigenvalue weighted by Gasteiger charge is -2.15. The zero-order valence-corrected chi connectivity index (χ0v) is 13.9. The van der Waals surface area contributed by atoms with E-state index in [9.17, 15) is 9.59 Å². The number of allylic oxidation sites excluding steroid dienone is 1. The molecule has 0 aromatic heterocycles. The van der Waals surface area contributed by atoms with Crippen LogP contribution in [0.15, 0.2) is 24.3 Å². The van der Waals surface area contributed by atoms with E-state index in [1.54, 1.807) is 0 Å². The van der Waals surface area contributed by atoms with Crippen LogP contribution >= 0.6 is 0 Å². The highest BCUT2D eigenvalue weighted by atomic mass is 16.2. The van der Waals surface area contributed by atoms with Crippen LogP contribution in [0.4, 0.5) is 5.69 Å². The van der Waals surface area contributed by atoms with Crippen molar-refractivity contribution < 1.29 is 9.59 Å². The minimum absolute atomic E-state index is 0.0648. The van der Waals surface area contributed by atoms with Gasteiger partial charge in [0.2, 0.25) is 11.8 Å². The summed E-state index contributed by atoms with van der Waals surface area (Å²) in [4.78, 5) is 23.2. The van der Waals surface area contributed by atoms with Gasteiger partial charge in [0, 0.05) is 30.6 Å². The number of benzene rings is 1. The Morgan fingerprint density at radius 3 is 2.83 bits per heavy atom. The molecule has 0 radical (unpaired) electrons. The Morgan fingerprint density at radius 2 is 2.00 bits per heavy atom. The fourth-order valence-corrected chi connectivity index (χ4v) is 2.73. The summed E-state index contributed by atoms with van der Waals surface area (Å²) in [6.45, 7) is 2.54. The molecule has 0 atom stereocenters. The van der Waals surface area contributed by atoms with Gasteiger partial charge in [-0.25, -0.2) is 0 Å². The molecule has 124 valence electrons. The summed E-state index contributed by atoms with van der Waals surface area (Å²) in [7, 11) is 0. The molecule has 0 fully saturated rings. The quantitative estimate of drug-likeness (QED) is 0.719. The summed E-state index contributed by atoms with van der Waals surface area (Å²) in [5.74, 6) is 0.152. The summed E-state index contributed by atoms with van der Waals surface area (Å²) < 4.78 is 0. The maximum atomic E-state index is 12.1. The first kappa shape index (κ1) is 17.3. The third kappa shape index (κ3) is 5.55. The molecule has 2 rings (SSSR count). The van der Waals surface area contributed by atoms with Crippen LogP contribution in [0, 0.1) is 0 Å². The molecule has 4 nitrogen and oxygen atoms in total. The van der Waals surface area contributed by atoms with Crippen LogP contribution in [0.2, 0.25) is 0 Å². The van der Waals surface area contributed by atoms with Crippen molar-refractivity contribution in [3.63, 3.8) is 0 Å². The molecule has 0 saturated carbocycles. The summed E-state index contributed by atoms with van der Waals surface area (Å²) in [6.07, 6.45) is 10.1. The molecule has 1 aromatic rings. The number of hydrogen-bond acceptors (Lipinski definition) is 2. The molecule has 0 bridgehead atoms. The van der Waals surface area contributed by atoms with E-state index in [4.69, 9.17) is 0 Å². The Morgan fingerprint density at radius 1 is 1.13 bits per heavy atom. The number of fused-ring (bicyclic) bond motifs is 1. The van der Waals surface area contributed by atoms with Crippen molar-refractivity contribution in [3.8, 4) is 0 Å². The number of carbonyl (C=O) groups is 2. The van der Waals surface area contributed by atoms with Crippen LogP contribution < -0.4 is 10.6 Å². The molecule has 4 heteroatoms. The van der Waals surface area contributed by atoms with Crippen LogP contribution in [0.5, 0.6) is 0 Å². The van der Waals surface area contributed by atoms with E-state index in [1.165, 1.54) is 5.56 Å². The van der Waals surface area contributed by atoms with Crippen molar-refractivity contribution in [2.45, 2.75) is 51.9 Å². The zero-order valence-electron chi connectivity index (χ0n) is 13.9. The van der Waals surface area contributed by atoms with Gasteiger partial charge in [-0.2, -0.15) is 0 Å². The zero-order chi connectivity index (χ0) is 16.5. The number of carbonyl (C=O) groups excluding carboxylic acids is 2. The molecule has 1 aliphatic rings. The fourth-order valence-electron chi connectivity index (χ4n) is 2.73. The average Bonchev–Trinajstić information content (AvgIpc) is 2.58. The van der Waals surface area contributed by atoms with E-state index in [1.807, 2.05) is 19.1 Å². The molecule has 2 amide bonds. The van der Waals surface area contributed by atoms with Gasteiger partial charge < -0.3 is 10.6 Å². The molecule has 0 heterocycles. The van der Waals surface area contributed by atoms with E-state index in [0.29, 0.717) is 19.4 Å². The Kier molecular flexibility index (Phi) is 6.85. The lowest BCUT2D eigenvalue weighted by molar-refractivity contribution is -0.121. The Bertz CT molecular complexity index is 579. The minimum Gasteiger partial charge on any atom is -0.356 e. The van der Waals surface area contributed by atoms with Crippen molar-refractivity contribution in [1.82, 2.24) is 5.32 Å². The maximum Gasteiger partial charge on any atom is 0.224 e. The maximum absolute atomic E-state index is 12.1. The third-order valence-electron chi connectivity index (χ3n) is 4.06. The van der Waals surface area contributed by atoms with Crippen molar-refractivity contribution in [3.05, 3.63) is 35.4 Å². The molecule has 1 aromatic carbocycles. The first-order valence-electron chi connectivity index (χ1n) is 8.55. The molecule has 0 aliphatic heterocycles. The van der Waals surface area contributed by atoms with Crippen LogP contribution in [-0.2, 0) is 16.0 Å². The number of aryl methyl sites for hydroxylation is 1. The predicted molar refractivity (Wildman–Crippen MR) is 94.2 cm³/mol. The number of hydrogen-bond donors (Lipinski definition) is 2. The molecule has 1 aliphatic carbocycles. The smallest absolute Gasteiger partial charge is 0.224 e. The van der Waals surface area contributed by atoms with Crippen LogP contribution in [-0.4, -0.2) is 18.4 Å². The standard InChI is InChI=1S/C19H26N2O2/c1-2-18(22)20-14-7-3-4-13-19(23)21-17-12-8-10-15-9-5-6-11-16(15)17/h6,8,10-12H,2-5,7,9,13-14H2,1H3,(H,20,22)(H,21,23). The van der Waals surface area contributed by atoms with E-state index in [2.05, 4.69) is 28.9 Å². The summed E-state index contributed by atoms with van der Waals surface area (Å²) >= 11 is 0. The second-order valence-corrected chi connectivity index (χ2v) is 5.88. The molecule has 0 spiro atoms. The molecule has 2 N–H and O–H groups in total. The Hall–Kier alpha value is -2.10. The van der Waals surface area contributed by atoms with Crippen molar-refractivity contribution >= 4 is 23.6 Å². The van der Waals surface area contributed by atoms with Gasteiger partial charge in [0.1, 0.15) is 0 Å². The van der Waals surface area contributed by atoms with E-state index >= 15 is 0 Å². The second kappa shape index (κ2) is 9.13. The SMILES string of the molecule is CCC(=O)NCCCCCC(=O)Nc1cccc2c1C=CCC2. The van der Waals surface area contributed by atoms with Gasteiger partial charge in [-0.3, -0.25) is 9.59 Å². The number of unbranched alkanes of at least 4 members (excludes halogenated alkanes) is 2. The lowest BCUT2D eigenvalue weighted by Crippen LogP contribution is -2.23. The highest BCUT2D eigenvalue weighted by Crippen LogP contribution is 2.26. The Labute approximate surface area is 138 Å². The van der Waals surface area contributed by atoms with Gasteiger partial charge in [0.05, 0.1) is 0 Å². The van der Waals surface area contributed by atoms with Crippen LogP contribution in [0.25, 0.3) is 6.08 Å². The molecule has 0 unspecified atom stereocenters. The van der Waals surface area contributed by atoms with Gasteiger partial charge in [0.25, 0.3) is 0 Å². The van der Waals surface area contributed by atoms with Gasteiger partial charge >= 0.3 is 0 Å². The van der Waals surface area contributed by atoms with Crippen molar-refractivity contribution in [2.24, 2.45) is 0 Å². The largest absolute Gasteiger partial charge is 0.356 e. The number of rotatable bonds is 8. The van der Waals surface area contributed by atoms with E-state index in [0.717, 1.165) is 43.4 Å². The van der Waals surface area contributed by atoms with Crippen LogP contribution in [0.3, 0.4) is 0 Å². The van der Waals surface area contributed by atoms with Gasteiger partial charge in [-0.05, 0) is 37.3 Å². The van der Waals surface area contributed by atoms with E-state index in [-0.39, 0.29) is 11.8 Å². The van der Waals surface area contributed by atoms with Gasteiger partial charge in [-0.1, -0.05) is 37.6 Å². The number of nitrogens with one attached hydrogen (secondary N) is 2. The second-order valence-electron chi connectivity index (χ2n) is 5.88. The summed E-state index contributed by atoms with van der Waals surface area (Å²) in [5, 5.41) is 5.88. The van der Waals surface area contributed by atoms with Crippen LogP contribution in [0.1, 0.15) is 56.6 Å². The highest BCUT2D eigenvalue weighted by molar-refractivity contribution is 5.93. The monoisotopic (exact) mass is 314 g/mol.